The van der Waals surface area contributed by atoms with Gasteiger partial charge in [-0.15, -0.1) is 11.3 Å². The maximum Gasteiger partial charge on any atom is 0.319 e. The van der Waals surface area contributed by atoms with Crippen molar-refractivity contribution in [2.24, 2.45) is 0 Å². The number of hydrogen-bond donors (Lipinski definition) is 2. The van der Waals surface area contributed by atoms with Gasteiger partial charge in [0.15, 0.2) is 0 Å². The summed E-state index contributed by atoms with van der Waals surface area (Å²) in [4.78, 5) is 31.7. The van der Waals surface area contributed by atoms with Crippen molar-refractivity contribution in [3.8, 4) is 0 Å². The van der Waals surface area contributed by atoms with Crippen molar-refractivity contribution in [3.63, 3.8) is 0 Å². The molecule has 0 unspecified atom stereocenters. The van der Waals surface area contributed by atoms with Crippen LogP contribution in [0.5, 0.6) is 0 Å². The summed E-state index contributed by atoms with van der Waals surface area (Å²) in [6, 6.07) is 4.99. The number of fused-ring (bicyclic) bond motifs is 1. The van der Waals surface area contributed by atoms with Gasteiger partial charge in [0.05, 0.1) is 12.2 Å². The molecule has 1 heterocycles. The average molecular weight is 372 g/mol. The molecule has 6 nitrogen and oxygen atoms in total. The van der Waals surface area contributed by atoms with E-state index in [0.717, 1.165) is 23.4 Å². The first-order valence-electron chi connectivity index (χ1n) is 8.78. The van der Waals surface area contributed by atoms with E-state index in [0.29, 0.717) is 17.8 Å². The van der Waals surface area contributed by atoms with Crippen LogP contribution in [0, 0.1) is 6.92 Å². The number of carbonyl (C=O) groups is 2. The average Bonchev–Trinajstić information content (AvgIpc) is 3.04. The van der Waals surface area contributed by atoms with E-state index in [1.54, 1.807) is 43.6 Å². The predicted molar refractivity (Wildman–Crippen MR) is 104 cm³/mol. The molecule has 1 aliphatic carbocycles. The molecule has 1 aromatic heterocycles. The Kier molecular flexibility index (Phi) is 5.56. The standard InChI is InChI=1S/C19H24N4O2S/c1-12-10-13(18(24)23(2)3)8-9-14(12)22-19(25)20-11-17-21-15-6-4-5-7-16(15)26-17/h8-10H,4-7,11H2,1-3H3,(H2,20,22,25). The monoisotopic (exact) mass is 372 g/mol. The van der Waals surface area contributed by atoms with Crippen LogP contribution < -0.4 is 10.6 Å². The summed E-state index contributed by atoms with van der Waals surface area (Å²) in [6.45, 7) is 2.30. The number of amides is 3. The third-order valence-corrected chi connectivity index (χ3v) is 5.58. The predicted octanol–water partition coefficient (Wildman–Crippen LogP) is 3.35. The summed E-state index contributed by atoms with van der Waals surface area (Å²) in [5, 5.41) is 6.66. The highest BCUT2D eigenvalue weighted by Gasteiger charge is 2.16. The van der Waals surface area contributed by atoms with Gasteiger partial charge in [-0.1, -0.05) is 0 Å². The number of hydrogen-bond acceptors (Lipinski definition) is 4. The highest BCUT2D eigenvalue weighted by Crippen LogP contribution is 2.26. The molecule has 0 aliphatic heterocycles. The maximum atomic E-state index is 12.2. The van der Waals surface area contributed by atoms with E-state index in [2.05, 4.69) is 15.6 Å². The highest BCUT2D eigenvalue weighted by molar-refractivity contribution is 7.11. The normalized spacial score (nSPS) is 13.0. The van der Waals surface area contributed by atoms with Crippen LogP contribution >= 0.6 is 11.3 Å². The van der Waals surface area contributed by atoms with E-state index >= 15 is 0 Å². The first kappa shape index (κ1) is 18.4. The number of nitrogens with one attached hydrogen (secondary N) is 2. The molecule has 0 saturated heterocycles. The molecule has 0 spiro atoms. The van der Waals surface area contributed by atoms with Gasteiger partial charge < -0.3 is 15.5 Å². The Morgan fingerprint density at radius 1 is 1.23 bits per heavy atom. The second-order valence-electron chi connectivity index (χ2n) is 6.72. The van der Waals surface area contributed by atoms with Crippen molar-refractivity contribution in [1.29, 1.82) is 0 Å². The minimum atomic E-state index is -0.270. The van der Waals surface area contributed by atoms with Crippen molar-refractivity contribution in [2.45, 2.75) is 39.2 Å². The number of benzene rings is 1. The summed E-state index contributed by atoms with van der Waals surface area (Å²) in [7, 11) is 3.43. The molecule has 3 amide bonds. The van der Waals surface area contributed by atoms with Crippen LogP contribution in [0.2, 0.25) is 0 Å². The summed E-state index contributed by atoms with van der Waals surface area (Å²) in [5.74, 6) is -0.0585. The van der Waals surface area contributed by atoms with Crippen LogP contribution in [0.25, 0.3) is 0 Å². The molecule has 26 heavy (non-hydrogen) atoms. The fraction of sp³-hybridized carbons (Fsp3) is 0.421. The first-order chi connectivity index (χ1) is 12.4. The van der Waals surface area contributed by atoms with Crippen LogP contribution in [-0.2, 0) is 19.4 Å². The van der Waals surface area contributed by atoms with E-state index in [-0.39, 0.29) is 11.9 Å². The number of rotatable bonds is 4. The van der Waals surface area contributed by atoms with E-state index in [4.69, 9.17) is 0 Å². The van der Waals surface area contributed by atoms with Crippen LogP contribution in [0.3, 0.4) is 0 Å². The maximum absolute atomic E-state index is 12.2. The zero-order valence-corrected chi connectivity index (χ0v) is 16.2. The summed E-state index contributed by atoms with van der Waals surface area (Å²) >= 11 is 1.70. The Balaban J connectivity index is 1.58. The highest BCUT2D eigenvalue weighted by atomic mass is 32.1. The van der Waals surface area contributed by atoms with Gasteiger partial charge in [-0.25, -0.2) is 9.78 Å². The summed E-state index contributed by atoms with van der Waals surface area (Å²) in [5.41, 5.74) is 3.34. The fourth-order valence-electron chi connectivity index (χ4n) is 3.00. The molecule has 0 atom stereocenters. The number of anilines is 1. The van der Waals surface area contributed by atoms with Crippen molar-refractivity contribution >= 4 is 29.0 Å². The van der Waals surface area contributed by atoms with Gasteiger partial charge in [-0.3, -0.25) is 4.79 Å². The van der Waals surface area contributed by atoms with Gasteiger partial charge in [0.25, 0.3) is 5.91 Å². The Hall–Kier alpha value is -2.41. The third kappa shape index (κ3) is 4.22. The van der Waals surface area contributed by atoms with Crippen molar-refractivity contribution in [3.05, 3.63) is 44.9 Å². The molecule has 3 rings (SSSR count). The molecule has 7 heteroatoms. The van der Waals surface area contributed by atoms with Gasteiger partial charge >= 0.3 is 6.03 Å². The lowest BCUT2D eigenvalue weighted by molar-refractivity contribution is 0.0827. The Morgan fingerprint density at radius 2 is 2.00 bits per heavy atom. The second-order valence-corrected chi connectivity index (χ2v) is 7.89. The fourth-order valence-corrected chi connectivity index (χ4v) is 4.10. The third-order valence-electron chi connectivity index (χ3n) is 4.42. The Bertz CT molecular complexity index is 805. The van der Waals surface area contributed by atoms with E-state index in [1.807, 2.05) is 6.92 Å². The molecule has 1 aliphatic rings. The van der Waals surface area contributed by atoms with Gasteiger partial charge in [0.1, 0.15) is 5.01 Å². The van der Waals surface area contributed by atoms with Crippen LogP contribution in [0.1, 0.15) is 44.3 Å². The van der Waals surface area contributed by atoms with Crippen molar-refractivity contribution in [1.82, 2.24) is 15.2 Å². The van der Waals surface area contributed by atoms with Gasteiger partial charge in [0, 0.05) is 30.2 Å². The van der Waals surface area contributed by atoms with Crippen LogP contribution in [0.15, 0.2) is 18.2 Å². The smallest absolute Gasteiger partial charge is 0.319 e. The molecule has 0 saturated carbocycles. The topological polar surface area (TPSA) is 74.3 Å². The molecule has 2 N–H and O–H groups in total. The molecule has 2 aromatic rings. The zero-order valence-electron chi connectivity index (χ0n) is 15.4. The van der Waals surface area contributed by atoms with Gasteiger partial charge in [-0.2, -0.15) is 0 Å². The van der Waals surface area contributed by atoms with Crippen molar-refractivity contribution < 1.29 is 9.59 Å². The van der Waals surface area contributed by atoms with Crippen LogP contribution in [0.4, 0.5) is 10.5 Å². The molecule has 0 fully saturated rings. The number of aryl methyl sites for hydroxylation is 3. The number of thiazole rings is 1. The van der Waals surface area contributed by atoms with Gasteiger partial charge in [-0.05, 0) is 56.4 Å². The number of aromatic nitrogens is 1. The number of nitrogens with zero attached hydrogens (tertiary/aromatic N) is 2. The van der Waals surface area contributed by atoms with Crippen LogP contribution in [-0.4, -0.2) is 35.9 Å². The van der Waals surface area contributed by atoms with Gasteiger partial charge in [0.2, 0.25) is 0 Å². The molecular weight excluding hydrogens is 348 g/mol. The number of urea groups is 1. The lowest BCUT2D eigenvalue weighted by atomic mass is 10.0. The molecular formula is C19H24N4O2S. The summed E-state index contributed by atoms with van der Waals surface area (Å²) in [6.07, 6.45) is 4.59. The molecule has 1 aromatic carbocycles. The SMILES string of the molecule is Cc1cc(C(=O)N(C)C)ccc1NC(=O)NCc1nc2c(s1)CCCC2. The van der Waals surface area contributed by atoms with E-state index in [9.17, 15) is 9.59 Å². The minimum absolute atomic E-state index is 0.0585. The van der Waals surface area contributed by atoms with E-state index in [1.165, 1.54) is 28.3 Å². The summed E-state index contributed by atoms with van der Waals surface area (Å²) < 4.78 is 0. The zero-order chi connectivity index (χ0) is 18.7. The minimum Gasteiger partial charge on any atom is -0.345 e. The van der Waals surface area contributed by atoms with E-state index < -0.39 is 0 Å². The van der Waals surface area contributed by atoms with Crippen molar-refractivity contribution in [2.75, 3.05) is 19.4 Å². The Labute approximate surface area is 157 Å². The lowest BCUT2D eigenvalue weighted by Gasteiger charge is -2.13. The second kappa shape index (κ2) is 7.86. The molecule has 0 bridgehead atoms. The Morgan fingerprint density at radius 3 is 2.69 bits per heavy atom. The quantitative estimate of drug-likeness (QED) is 0.864. The largest absolute Gasteiger partial charge is 0.345 e. The lowest BCUT2D eigenvalue weighted by Crippen LogP contribution is -2.28. The molecule has 0 radical (unpaired) electrons. The number of carbonyl (C=O) groups excluding carboxylic acids is 2. The first-order valence-corrected chi connectivity index (χ1v) is 9.60. The molecule has 138 valence electrons.